The molecule has 0 radical (unpaired) electrons. The number of rotatable bonds is 6. The van der Waals surface area contributed by atoms with E-state index in [0.29, 0.717) is 11.9 Å². The molecule has 5 rings (SSSR count). The normalized spacial score (nSPS) is 14.7. The fourth-order valence-corrected chi connectivity index (χ4v) is 5.17. The van der Waals surface area contributed by atoms with Gasteiger partial charge < -0.3 is 15.3 Å². The molecule has 1 aliphatic heterocycles. The summed E-state index contributed by atoms with van der Waals surface area (Å²) in [5, 5.41) is 22.6. The van der Waals surface area contributed by atoms with E-state index in [4.69, 9.17) is 28.6 Å². The highest BCUT2D eigenvalue weighted by Gasteiger charge is 2.23. The molecule has 1 saturated heterocycles. The number of piperazine rings is 1. The number of nitrogens with zero attached hydrogens (tertiary/aromatic N) is 5. The molecule has 3 heterocycles. The number of aromatic nitrogens is 4. The number of benzene rings is 2. The summed E-state index contributed by atoms with van der Waals surface area (Å²) in [4.78, 5) is 28.9. The van der Waals surface area contributed by atoms with Crippen molar-refractivity contribution in [3.63, 3.8) is 0 Å². The van der Waals surface area contributed by atoms with E-state index in [1.165, 1.54) is 6.20 Å². The summed E-state index contributed by atoms with van der Waals surface area (Å²) in [6, 6.07) is 12.8. The monoisotopic (exact) mass is 554 g/mol. The Hall–Kier alpha value is -3.44. The van der Waals surface area contributed by atoms with Crippen LogP contribution in [0.2, 0.25) is 10.0 Å². The van der Waals surface area contributed by atoms with Gasteiger partial charge in [0.05, 0.1) is 26.7 Å². The quantitative estimate of drug-likeness (QED) is 0.287. The van der Waals surface area contributed by atoms with Crippen LogP contribution in [0, 0.1) is 5.41 Å². The molecule has 4 N–H and O–H groups in total. The van der Waals surface area contributed by atoms with Crippen LogP contribution < -0.4 is 21.4 Å². The Morgan fingerprint density at radius 2 is 1.74 bits per heavy atom. The Balaban J connectivity index is 1.32. The summed E-state index contributed by atoms with van der Waals surface area (Å²) in [5.74, 6) is 0.286. The third-order valence-corrected chi connectivity index (χ3v) is 6.94. The summed E-state index contributed by atoms with van der Waals surface area (Å²) in [6.45, 7) is 7.90. The zero-order valence-electron chi connectivity index (χ0n) is 21.0. The number of halogens is 2. The summed E-state index contributed by atoms with van der Waals surface area (Å²) in [6.07, 6.45) is 1.48. The van der Waals surface area contributed by atoms with Gasteiger partial charge in [-0.3, -0.25) is 15.3 Å². The number of anilines is 3. The minimum atomic E-state index is -0.694. The minimum absolute atomic E-state index is 0.127. The lowest BCUT2D eigenvalue weighted by Crippen LogP contribution is -2.50. The molecular formula is C26H28Cl2N8O2. The molecule has 0 saturated carbocycles. The van der Waals surface area contributed by atoms with Crippen LogP contribution in [0.5, 0.6) is 0 Å². The molecule has 0 aliphatic carbocycles. The van der Waals surface area contributed by atoms with E-state index in [-0.39, 0.29) is 32.8 Å². The number of fused-ring (bicyclic) bond motifs is 1. The molecule has 2 aromatic heterocycles. The van der Waals surface area contributed by atoms with Crippen molar-refractivity contribution >= 4 is 51.6 Å². The highest BCUT2D eigenvalue weighted by atomic mass is 35.5. The van der Waals surface area contributed by atoms with Gasteiger partial charge in [-0.2, -0.15) is 4.98 Å². The van der Waals surface area contributed by atoms with Gasteiger partial charge in [0.15, 0.2) is 5.65 Å². The van der Waals surface area contributed by atoms with Crippen molar-refractivity contribution < 1.29 is 5.11 Å². The van der Waals surface area contributed by atoms with E-state index in [2.05, 4.69) is 30.1 Å². The Kier molecular flexibility index (Phi) is 7.15. The standard InChI is InChI=1S/C26H28Cl2N8O2/c1-26(2,38)15-34-10-12-35(13-11-34)17-8-6-16(7-9-17)31-24-30-14-18-22(29)36(25(37)33-23(18)32-24)21-19(27)4-3-5-20(21)28/h3-9,14,29,38H,10-13,15H2,1-2H3,(H2,30,31,32,33,37). The van der Waals surface area contributed by atoms with Gasteiger partial charge in [0.2, 0.25) is 5.95 Å². The first-order valence-electron chi connectivity index (χ1n) is 12.2. The largest absolute Gasteiger partial charge is 0.389 e. The van der Waals surface area contributed by atoms with Gasteiger partial charge in [0.25, 0.3) is 0 Å². The molecule has 198 valence electrons. The van der Waals surface area contributed by atoms with Crippen LogP contribution >= 0.6 is 23.2 Å². The molecule has 0 spiro atoms. The Bertz CT molecular complexity index is 1570. The van der Waals surface area contributed by atoms with Crippen molar-refractivity contribution in [3.8, 4) is 5.69 Å². The molecule has 1 aliphatic rings. The van der Waals surface area contributed by atoms with Gasteiger partial charge >= 0.3 is 5.69 Å². The molecule has 10 nitrogen and oxygen atoms in total. The second-order valence-electron chi connectivity index (χ2n) is 9.89. The predicted octanol–water partition coefficient (Wildman–Crippen LogP) is 3.53. The molecule has 0 bridgehead atoms. The van der Waals surface area contributed by atoms with E-state index in [1.54, 1.807) is 18.2 Å². The summed E-state index contributed by atoms with van der Waals surface area (Å²) < 4.78 is 1.10. The lowest BCUT2D eigenvalue weighted by molar-refractivity contribution is 0.0345. The van der Waals surface area contributed by atoms with Gasteiger partial charge in [0, 0.05) is 50.3 Å². The van der Waals surface area contributed by atoms with Gasteiger partial charge in [-0.15, -0.1) is 0 Å². The third-order valence-electron chi connectivity index (χ3n) is 6.33. The molecule has 38 heavy (non-hydrogen) atoms. The second-order valence-corrected chi connectivity index (χ2v) is 10.7. The van der Waals surface area contributed by atoms with E-state index >= 15 is 0 Å². The maximum absolute atomic E-state index is 12.9. The Labute approximate surface area is 229 Å². The summed E-state index contributed by atoms with van der Waals surface area (Å²) in [5.41, 5.74) is 0.939. The van der Waals surface area contributed by atoms with Crippen LogP contribution in [0.1, 0.15) is 13.8 Å². The Morgan fingerprint density at radius 1 is 1.08 bits per heavy atom. The predicted molar refractivity (Wildman–Crippen MR) is 150 cm³/mol. The highest BCUT2D eigenvalue weighted by Crippen LogP contribution is 2.27. The maximum atomic E-state index is 12.9. The number of H-pyrrole nitrogens is 1. The van der Waals surface area contributed by atoms with Crippen molar-refractivity contribution in [3.05, 3.63) is 74.7 Å². The van der Waals surface area contributed by atoms with E-state index < -0.39 is 11.3 Å². The average molecular weight is 555 g/mol. The maximum Gasteiger partial charge on any atom is 0.333 e. The van der Waals surface area contributed by atoms with Crippen LogP contribution in [0.25, 0.3) is 16.7 Å². The second kappa shape index (κ2) is 10.4. The molecule has 0 atom stereocenters. The number of hydrogen-bond acceptors (Lipinski definition) is 8. The molecule has 2 aromatic carbocycles. The van der Waals surface area contributed by atoms with Crippen molar-refractivity contribution in [2.24, 2.45) is 0 Å². The van der Waals surface area contributed by atoms with E-state index in [9.17, 15) is 9.90 Å². The third kappa shape index (κ3) is 5.53. The van der Waals surface area contributed by atoms with Crippen molar-refractivity contribution in [1.82, 2.24) is 24.4 Å². The van der Waals surface area contributed by atoms with Gasteiger partial charge in [-0.1, -0.05) is 29.3 Å². The lowest BCUT2D eigenvalue weighted by Gasteiger charge is -2.38. The number of para-hydroxylation sites is 1. The minimum Gasteiger partial charge on any atom is -0.389 e. The van der Waals surface area contributed by atoms with Crippen molar-refractivity contribution in [2.75, 3.05) is 42.9 Å². The van der Waals surface area contributed by atoms with Gasteiger partial charge in [-0.05, 0) is 50.2 Å². The van der Waals surface area contributed by atoms with Crippen LogP contribution in [0.3, 0.4) is 0 Å². The van der Waals surface area contributed by atoms with Crippen molar-refractivity contribution in [2.45, 2.75) is 19.4 Å². The summed E-state index contributed by atoms with van der Waals surface area (Å²) in [7, 11) is 0. The number of nitrogens with one attached hydrogen (secondary N) is 3. The number of aliphatic hydroxyl groups is 1. The topological polar surface area (TPSA) is 126 Å². The number of β-amino-alcohol motifs (C(OH)–C–C–N with tert-alkyl or cyclic N) is 1. The first-order chi connectivity index (χ1) is 18.1. The average Bonchev–Trinajstić information content (AvgIpc) is 2.86. The zero-order chi connectivity index (χ0) is 27.0. The van der Waals surface area contributed by atoms with Gasteiger partial charge in [-0.25, -0.2) is 14.3 Å². The van der Waals surface area contributed by atoms with Crippen LogP contribution in [0.15, 0.2) is 53.5 Å². The lowest BCUT2D eigenvalue weighted by atomic mass is 10.1. The smallest absolute Gasteiger partial charge is 0.333 e. The van der Waals surface area contributed by atoms with Gasteiger partial charge in [0.1, 0.15) is 5.49 Å². The fourth-order valence-electron chi connectivity index (χ4n) is 4.60. The zero-order valence-corrected chi connectivity index (χ0v) is 22.5. The van der Waals surface area contributed by atoms with Crippen LogP contribution in [-0.2, 0) is 0 Å². The molecule has 0 unspecified atom stereocenters. The SMILES string of the molecule is CC(C)(O)CN1CCN(c2ccc(Nc3ncc4c(=N)n(-c5c(Cl)cccc5Cl)c(=O)[nH]c4n3)cc2)CC1. The van der Waals surface area contributed by atoms with Crippen LogP contribution in [-0.4, -0.2) is 67.9 Å². The molecule has 1 fully saturated rings. The highest BCUT2D eigenvalue weighted by molar-refractivity contribution is 6.37. The molecule has 12 heteroatoms. The molecular weight excluding hydrogens is 527 g/mol. The summed E-state index contributed by atoms with van der Waals surface area (Å²) >= 11 is 12.5. The first kappa shape index (κ1) is 26.2. The first-order valence-corrected chi connectivity index (χ1v) is 12.9. The number of hydrogen-bond donors (Lipinski definition) is 4. The van der Waals surface area contributed by atoms with Crippen LogP contribution in [0.4, 0.5) is 17.3 Å². The Morgan fingerprint density at radius 3 is 2.37 bits per heavy atom. The fraction of sp³-hybridized carbons (Fsp3) is 0.308. The van der Waals surface area contributed by atoms with Crippen molar-refractivity contribution in [1.29, 1.82) is 5.41 Å². The van der Waals surface area contributed by atoms with E-state index in [1.807, 2.05) is 38.1 Å². The number of aromatic amines is 1. The molecule has 0 amide bonds. The van der Waals surface area contributed by atoms with E-state index in [0.717, 1.165) is 42.1 Å². The molecule has 4 aromatic rings.